The number of hydrogen-bond acceptors (Lipinski definition) is 3. The molecule has 4 nitrogen and oxygen atoms in total. The molecule has 1 aliphatic carbocycles. The number of imidazole rings is 1. The topological polar surface area (TPSA) is 34.0 Å². The van der Waals surface area contributed by atoms with E-state index in [0.29, 0.717) is 6.04 Å². The molecule has 1 saturated carbocycles. The maximum Gasteiger partial charge on any atom is 0.137 e. The Bertz CT molecular complexity index is 1120. The molecule has 0 saturated heterocycles. The van der Waals surface area contributed by atoms with Crippen LogP contribution in [0.1, 0.15) is 56.0 Å². The van der Waals surface area contributed by atoms with E-state index in [0.717, 1.165) is 23.6 Å². The second-order valence-corrected chi connectivity index (χ2v) is 8.75. The van der Waals surface area contributed by atoms with E-state index in [-0.39, 0.29) is 5.41 Å². The second kappa shape index (κ2) is 5.69. The lowest BCUT2D eigenvalue weighted by molar-refractivity contribution is 0.268. The molecule has 0 amide bonds. The lowest BCUT2D eigenvalue weighted by Crippen LogP contribution is -2.42. The van der Waals surface area contributed by atoms with Gasteiger partial charge in [-0.3, -0.25) is 0 Å². The summed E-state index contributed by atoms with van der Waals surface area (Å²) >= 11 is 0. The molecule has 0 N–H and O–H groups in total. The van der Waals surface area contributed by atoms with Gasteiger partial charge in [-0.25, -0.2) is 9.97 Å². The lowest BCUT2D eigenvalue weighted by atomic mass is 9.67. The molecule has 4 heteroatoms. The van der Waals surface area contributed by atoms with Gasteiger partial charge >= 0.3 is 0 Å². The first-order valence-corrected chi connectivity index (χ1v) is 10.6. The average molecular weight is 371 g/mol. The molecule has 2 aromatic heterocycles. The molecular weight excluding hydrogens is 344 g/mol. The van der Waals surface area contributed by atoms with Gasteiger partial charge in [0.05, 0.1) is 11.0 Å². The van der Waals surface area contributed by atoms with Crippen LogP contribution in [0.4, 0.5) is 11.5 Å². The van der Waals surface area contributed by atoms with Gasteiger partial charge < -0.3 is 9.47 Å². The lowest BCUT2D eigenvalue weighted by Gasteiger charge is -2.40. The molecule has 1 spiro atoms. The normalized spacial score (nSPS) is 22.2. The first-order chi connectivity index (χ1) is 13.7. The van der Waals surface area contributed by atoms with Gasteiger partial charge in [-0.15, -0.1) is 0 Å². The van der Waals surface area contributed by atoms with Crippen LogP contribution in [0.25, 0.3) is 17.2 Å². The van der Waals surface area contributed by atoms with Crippen molar-refractivity contribution in [3.8, 4) is 0 Å². The summed E-state index contributed by atoms with van der Waals surface area (Å²) < 4.78 is 2.23. The molecule has 1 fully saturated rings. The van der Waals surface area contributed by atoms with Crippen LogP contribution < -0.4 is 4.90 Å². The number of rotatable bonds is 1. The number of fused-ring (bicyclic) bond motifs is 5. The molecule has 0 bridgehead atoms. The SMILES string of the molecule is Cc1cc2c(cc1N1c3ncccc3C3(CCCCC3)C1C)nc1n2C=CC1. The van der Waals surface area contributed by atoms with Crippen LogP contribution >= 0.6 is 0 Å². The number of anilines is 2. The molecule has 1 atom stereocenters. The third-order valence-corrected chi connectivity index (χ3v) is 7.38. The van der Waals surface area contributed by atoms with Gasteiger partial charge in [0, 0.05) is 41.5 Å². The predicted octanol–water partition coefficient (Wildman–Crippen LogP) is 5.51. The summed E-state index contributed by atoms with van der Waals surface area (Å²) in [6.07, 6.45) is 13.8. The number of benzene rings is 1. The van der Waals surface area contributed by atoms with Crippen LogP contribution in [0.2, 0.25) is 0 Å². The summed E-state index contributed by atoms with van der Waals surface area (Å²) in [5.74, 6) is 2.30. The smallest absolute Gasteiger partial charge is 0.137 e. The fourth-order valence-electron chi connectivity index (χ4n) is 5.94. The maximum absolute atomic E-state index is 4.90. The van der Waals surface area contributed by atoms with Crippen molar-refractivity contribution in [3.63, 3.8) is 0 Å². The van der Waals surface area contributed by atoms with E-state index in [2.05, 4.69) is 59.9 Å². The third-order valence-electron chi connectivity index (χ3n) is 7.38. The summed E-state index contributed by atoms with van der Waals surface area (Å²) in [4.78, 5) is 12.3. The number of pyridine rings is 1. The van der Waals surface area contributed by atoms with Crippen LogP contribution in [0, 0.1) is 6.92 Å². The van der Waals surface area contributed by atoms with E-state index in [1.807, 2.05) is 6.20 Å². The summed E-state index contributed by atoms with van der Waals surface area (Å²) in [5.41, 5.74) is 6.56. The second-order valence-electron chi connectivity index (χ2n) is 8.75. The molecule has 1 aromatic carbocycles. The first kappa shape index (κ1) is 16.3. The van der Waals surface area contributed by atoms with Gasteiger partial charge in [0.1, 0.15) is 11.6 Å². The van der Waals surface area contributed by atoms with Crippen LogP contribution in [0.15, 0.2) is 36.5 Å². The molecule has 3 aromatic rings. The number of aryl methyl sites for hydroxylation is 1. The minimum absolute atomic E-state index is 0.238. The van der Waals surface area contributed by atoms with E-state index in [9.17, 15) is 0 Å². The van der Waals surface area contributed by atoms with Crippen LogP contribution in [-0.2, 0) is 11.8 Å². The number of hydrogen-bond donors (Lipinski definition) is 0. The molecule has 4 heterocycles. The Kier molecular flexibility index (Phi) is 3.32. The van der Waals surface area contributed by atoms with Gasteiger partial charge in [-0.1, -0.05) is 31.4 Å². The van der Waals surface area contributed by atoms with E-state index in [4.69, 9.17) is 9.97 Å². The van der Waals surface area contributed by atoms with Crippen LogP contribution in [-0.4, -0.2) is 20.6 Å². The molecule has 2 aliphatic heterocycles. The van der Waals surface area contributed by atoms with Gasteiger partial charge in [-0.2, -0.15) is 0 Å². The van der Waals surface area contributed by atoms with Crippen molar-refractivity contribution in [2.75, 3.05) is 4.90 Å². The highest BCUT2D eigenvalue weighted by atomic mass is 15.3. The zero-order valence-corrected chi connectivity index (χ0v) is 16.7. The summed E-state index contributed by atoms with van der Waals surface area (Å²) in [6, 6.07) is 9.46. The fourth-order valence-corrected chi connectivity index (χ4v) is 5.94. The Hall–Kier alpha value is -2.62. The highest BCUT2D eigenvalue weighted by Gasteiger charge is 2.50. The van der Waals surface area contributed by atoms with Crippen molar-refractivity contribution in [2.45, 2.75) is 63.8 Å². The molecule has 28 heavy (non-hydrogen) atoms. The quantitative estimate of drug-likeness (QED) is 0.566. The van der Waals surface area contributed by atoms with Crippen molar-refractivity contribution in [1.29, 1.82) is 0 Å². The molecule has 1 unspecified atom stereocenters. The zero-order chi connectivity index (χ0) is 18.9. The van der Waals surface area contributed by atoms with Crippen LogP contribution in [0.5, 0.6) is 0 Å². The van der Waals surface area contributed by atoms with E-state index >= 15 is 0 Å². The Labute approximate surface area is 165 Å². The molecule has 0 radical (unpaired) electrons. The average Bonchev–Trinajstić information content (AvgIpc) is 3.36. The monoisotopic (exact) mass is 370 g/mol. The van der Waals surface area contributed by atoms with Crippen molar-refractivity contribution in [2.24, 2.45) is 0 Å². The Morgan fingerprint density at radius 2 is 2.00 bits per heavy atom. The molecule has 6 rings (SSSR count). The standard InChI is InChI=1S/C24H26N4/c1-16-14-21-19(26-22-9-7-13-27(21)22)15-20(16)28-17(2)24(10-4-3-5-11-24)18-8-6-12-25-23(18)28/h6-8,12-15,17H,3-5,9-11H2,1-2H3. The minimum Gasteiger partial charge on any atom is -0.322 e. The number of allylic oxidation sites excluding steroid dienone is 1. The van der Waals surface area contributed by atoms with Crippen molar-refractivity contribution < 1.29 is 0 Å². The van der Waals surface area contributed by atoms with E-state index < -0.39 is 0 Å². The van der Waals surface area contributed by atoms with Crippen molar-refractivity contribution in [1.82, 2.24) is 14.5 Å². The highest BCUT2D eigenvalue weighted by Crippen LogP contribution is 2.55. The number of nitrogens with zero attached hydrogens (tertiary/aromatic N) is 4. The predicted molar refractivity (Wildman–Crippen MR) is 114 cm³/mol. The summed E-state index contributed by atoms with van der Waals surface area (Å²) in [6.45, 7) is 4.64. The van der Waals surface area contributed by atoms with Gasteiger partial charge in [-0.05, 0) is 50.5 Å². The molecule has 3 aliphatic rings. The Balaban J connectivity index is 1.55. The largest absolute Gasteiger partial charge is 0.322 e. The number of aromatic nitrogens is 3. The van der Waals surface area contributed by atoms with Crippen LogP contribution in [0.3, 0.4) is 0 Å². The first-order valence-electron chi connectivity index (χ1n) is 10.6. The Morgan fingerprint density at radius 1 is 1.14 bits per heavy atom. The van der Waals surface area contributed by atoms with E-state index in [1.165, 1.54) is 54.4 Å². The zero-order valence-electron chi connectivity index (χ0n) is 16.7. The van der Waals surface area contributed by atoms with Gasteiger partial charge in [0.2, 0.25) is 0 Å². The highest BCUT2D eigenvalue weighted by molar-refractivity contribution is 5.87. The van der Waals surface area contributed by atoms with Gasteiger partial charge in [0.25, 0.3) is 0 Å². The summed E-state index contributed by atoms with van der Waals surface area (Å²) in [5, 5.41) is 0. The maximum atomic E-state index is 4.90. The minimum atomic E-state index is 0.238. The summed E-state index contributed by atoms with van der Waals surface area (Å²) in [7, 11) is 0. The van der Waals surface area contributed by atoms with Crippen molar-refractivity contribution >= 4 is 28.7 Å². The van der Waals surface area contributed by atoms with Gasteiger partial charge in [0.15, 0.2) is 0 Å². The van der Waals surface area contributed by atoms with Crippen molar-refractivity contribution in [3.05, 3.63) is 53.5 Å². The fraction of sp³-hybridized carbons (Fsp3) is 0.417. The van der Waals surface area contributed by atoms with E-state index in [1.54, 1.807) is 0 Å². The Morgan fingerprint density at radius 3 is 2.86 bits per heavy atom. The molecular formula is C24H26N4. The third kappa shape index (κ3) is 2.01. The molecule has 142 valence electrons.